The van der Waals surface area contributed by atoms with Crippen LogP contribution < -0.4 is 14.8 Å². The van der Waals surface area contributed by atoms with Crippen LogP contribution in [0, 0.1) is 0 Å². The Kier molecular flexibility index (Phi) is 3.94. The van der Waals surface area contributed by atoms with E-state index in [0.717, 1.165) is 24.9 Å². The lowest BCUT2D eigenvalue weighted by molar-refractivity contribution is 0.150. The summed E-state index contributed by atoms with van der Waals surface area (Å²) in [6.07, 6.45) is -0.622. The molecule has 1 aliphatic heterocycles. The maximum Gasteiger partial charge on any atom is 0.263 e. The van der Waals surface area contributed by atoms with E-state index in [9.17, 15) is 8.78 Å². The van der Waals surface area contributed by atoms with Crippen molar-refractivity contribution in [3.63, 3.8) is 0 Å². The zero-order chi connectivity index (χ0) is 14.0. The second-order valence-electron chi connectivity index (χ2n) is 4.97. The van der Waals surface area contributed by atoms with Gasteiger partial charge in [-0.2, -0.15) is 0 Å². The molecule has 3 nitrogen and oxygen atoms in total. The predicted octanol–water partition coefficient (Wildman–Crippen LogP) is 3.24. The minimum Gasteiger partial charge on any atom is -0.493 e. The Labute approximate surface area is 111 Å². The van der Waals surface area contributed by atoms with Gasteiger partial charge in [-0.05, 0) is 38.4 Å². The van der Waals surface area contributed by atoms with Crippen LogP contribution in [0.25, 0.3) is 0 Å². The highest BCUT2D eigenvalue weighted by Crippen LogP contribution is 2.43. The highest BCUT2D eigenvalue weighted by Gasteiger charge is 2.35. The van der Waals surface area contributed by atoms with Gasteiger partial charge in [0.05, 0.1) is 14.2 Å². The second-order valence-corrected chi connectivity index (χ2v) is 4.97. The quantitative estimate of drug-likeness (QED) is 0.912. The second kappa shape index (κ2) is 5.33. The number of methoxy groups -OCH3 is 2. The molecule has 1 aromatic carbocycles. The van der Waals surface area contributed by atoms with E-state index in [1.807, 2.05) is 6.92 Å². The molecule has 1 fully saturated rings. The van der Waals surface area contributed by atoms with Gasteiger partial charge in [-0.1, -0.05) is 0 Å². The summed E-state index contributed by atoms with van der Waals surface area (Å²) in [6, 6.07) is 2.86. The van der Waals surface area contributed by atoms with E-state index in [0.29, 0.717) is 11.5 Å². The average Bonchev–Trinajstić information content (AvgIpc) is 2.85. The molecule has 0 saturated carbocycles. The first kappa shape index (κ1) is 14.1. The molecule has 0 radical (unpaired) electrons. The number of hydrogen-bond donors (Lipinski definition) is 1. The van der Waals surface area contributed by atoms with Gasteiger partial charge in [-0.25, -0.2) is 8.78 Å². The topological polar surface area (TPSA) is 30.5 Å². The fraction of sp³-hybridized carbons (Fsp3) is 0.571. The van der Waals surface area contributed by atoms with Crippen molar-refractivity contribution < 1.29 is 18.3 Å². The molecular formula is C14H19F2NO2. The van der Waals surface area contributed by atoms with Crippen LogP contribution >= 0.6 is 0 Å². The molecule has 1 N–H and O–H groups in total. The predicted molar refractivity (Wildman–Crippen MR) is 69.1 cm³/mol. The molecule has 0 bridgehead atoms. The van der Waals surface area contributed by atoms with Crippen LogP contribution in [-0.4, -0.2) is 20.8 Å². The van der Waals surface area contributed by atoms with Crippen molar-refractivity contribution >= 4 is 0 Å². The molecule has 1 heterocycles. The van der Waals surface area contributed by atoms with Crippen LogP contribution in [0.2, 0.25) is 0 Å². The van der Waals surface area contributed by atoms with E-state index < -0.39 is 6.43 Å². The van der Waals surface area contributed by atoms with Crippen molar-refractivity contribution in [2.75, 3.05) is 20.8 Å². The Morgan fingerprint density at radius 2 is 2.00 bits per heavy atom. The Morgan fingerprint density at radius 1 is 1.26 bits per heavy atom. The molecule has 1 aliphatic rings. The van der Waals surface area contributed by atoms with Gasteiger partial charge in [0.15, 0.2) is 11.5 Å². The molecule has 0 amide bonds. The summed E-state index contributed by atoms with van der Waals surface area (Å²) in [5.74, 6) is 0.883. The fourth-order valence-corrected chi connectivity index (χ4v) is 2.65. The summed E-state index contributed by atoms with van der Waals surface area (Å²) in [6.45, 7) is 2.88. The summed E-state index contributed by atoms with van der Waals surface area (Å²) in [7, 11) is 2.99. The number of halogens is 2. The van der Waals surface area contributed by atoms with Gasteiger partial charge in [0.1, 0.15) is 0 Å². The molecule has 2 rings (SSSR count). The maximum atomic E-state index is 13.0. The van der Waals surface area contributed by atoms with Crippen LogP contribution in [0.4, 0.5) is 8.78 Å². The molecule has 1 atom stereocenters. The average molecular weight is 271 g/mol. The highest BCUT2D eigenvalue weighted by atomic mass is 19.3. The first-order chi connectivity index (χ1) is 9.01. The molecule has 0 aliphatic carbocycles. The molecule has 106 valence electrons. The summed E-state index contributed by atoms with van der Waals surface area (Å²) in [4.78, 5) is 0. The van der Waals surface area contributed by atoms with E-state index in [1.165, 1.54) is 26.4 Å². The van der Waals surface area contributed by atoms with Gasteiger partial charge in [0.2, 0.25) is 0 Å². The van der Waals surface area contributed by atoms with Crippen LogP contribution in [0.5, 0.6) is 11.5 Å². The summed E-state index contributed by atoms with van der Waals surface area (Å²) in [5, 5.41) is 3.36. The third-order valence-electron chi connectivity index (χ3n) is 3.72. The van der Waals surface area contributed by atoms with Crippen molar-refractivity contribution in [2.45, 2.75) is 31.7 Å². The molecule has 0 spiro atoms. The molecule has 0 aromatic heterocycles. The zero-order valence-corrected chi connectivity index (χ0v) is 11.4. The van der Waals surface area contributed by atoms with Crippen LogP contribution in [0.1, 0.15) is 37.3 Å². The van der Waals surface area contributed by atoms with Gasteiger partial charge < -0.3 is 14.8 Å². The largest absolute Gasteiger partial charge is 0.493 e. The van der Waals surface area contributed by atoms with Crippen molar-refractivity contribution in [3.8, 4) is 11.5 Å². The Bertz CT molecular complexity index is 457. The van der Waals surface area contributed by atoms with Crippen molar-refractivity contribution in [2.24, 2.45) is 0 Å². The molecule has 1 saturated heterocycles. The van der Waals surface area contributed by atoms with Crippen molar-refractivity contribution in [3.05, 3.63) is 23.3 Å². The monoisotopic (exact) mass is 271 g/mol. The smallest absolute Gasteiger partial charge is 0.263 e. The summed E-state index contributed by atoms with van der Waals surface area (Å²) < 4.78 is 36.5. The number of benzene rings is 1. The third-order valence-corrected chi connectivity index (χ3v) is 3.72. The molecule has 1 aromatic rings. The van der Waals surface area contributed by atoms with Crippen LogP contribution in [0.3, 0.4) is 0 Å². The van der Waals surface area contributed by atoms with Crippen LogP contribution in [-0.2, 0) is 5.54 Å². The molecule has 5 heteroatoms. The Hall–Kier alpha value is -1.36. The van der Waals surface area contributed by atoms with E-state index >= 15 is 0 Å². The van der Waals surface area contributed by atoms with Gasteiger partial charge in [-0.3, -0.25) is 0 Å². The minimum absolute atomic E-state index is 0.0393. The van der Waals surface area contributed by atoms with Crippen molar-refractivity contribution in [1.82, 2.24) is 5.32 Å². The summed E-state index contributed by atoms with van der Waals surface area (Å²) >= 11 is 0. The van der Waals surface area contributed by atoms with Crippen molar-refractivity contribution in [1.29, 1.82) is 0 Å². The lowest BCUT2D eigenvalue weighted by Crippen LogP contribution is -2.33. The number of hydrogen-bond acceptors (Lipinski definition) is 3. The van der Waals surface area contributed by atoms with E-state index in [4.69, 9.17) is 9.47 Å². The van der Waals surface area contributed by atoms with Gasteiger partial charge in [0.25, 0.3) is 6.43 Å². The van der Waals surface area contributed by atoms with E-state index in [2.05, 4.69) is 5.32 Å². The zero-order valence-electron chi connectivity index (χ0n) is 11.4. The number of alkyl halides is 2. The lowest BCUT2D eigenvalue weighted by Gasteiger charge is -2.28. The number of ether oxygens (including phenoxy) is 2. The third kappa shape index (κ3) is 2.52. The highest BCUT2D eigenvalue weighted by molar-refractivity contribution is 5.53. The normalized spacial score (nSPS) is 22.8. The Morgan fingerprint density at radius 3 is 2.47 bits per heavy atom. The first-order valence-corrected chi connectivity index (χ1v) is 6.31. The van der Waals surface area contributed by atoms with E-state index in [1.54, 1.807) is 0 Å². The van der Waals surface area contributed by atoms with Gasteiger partial charge in [0, 0.05) is 16.7 Å². The Balaban J connectivity index is 2.58. The summed E-state index contributed by atoms with van der Waals surface area (Å²) in [5.41, 5.74) is 0.355. The number of rotatable bonds is 4. The van der Waals surface area contributed by atoms with Crippen LogP contribution in [0.15, 0.2) is 12.1 Å². The first-order valence-electron chi connectivity index (χ1n) is 6.31. The fourth-order valence-electron chi connectivity index (χ4n) is 2.65. The standard InChI is InChI=1S/C14H19F2NO2/c1-14(5-4-6-17-14)10-7-9(13(15)16)8-11(18-2)12(10)19-3/h7-8,13,17H,4-6H2,1-3H3. The SMILES string of the molecule is COc1cc(C(F)F)cc(C2(C)CCCN2)c1OC. The minimum atomic E-state index is -2.52. The van der Waals surface area contributed by atoms with Gasteiger partial charge in [-0.15, -0.1) is 0 Å². The molecule has 1 unspecified atom stereocenters. The molecular weight excluding hydrogens is 252 g/mol. The van der Waals surface area contributed by atoms with Gasteiger partial charge >= 0.3 is 0 Å². The number of nitrogens with one attached hydrogen (secondary N) is 1. The lowest BCUT2D eigenvalue weighted by atomic mass is 9.88. The maximum absolute atomic E-state index is 13.0. The van der Waals surface area contributed by atoms with E-state index in [-0.39, 0.29) is 11.1 Å². The molecule has 19 heavy (non-hydrogen) atoms.